The van der Waals surface area contributed by atoms with Gasteiger partial charge < -0.3 is 19.9 Å². The zero-order valence-electron chi connectivity index (χ0n) is 21.0. The number of hydrogen-bond donors (Lipinski definition) is 2. The Kier molecular flexibility index (Phi) is 10.3. The third-order valence-corrected chi connectivity index (χ3v) is 6.54. The largest absolute Gasteiger partial charge is 0.459 e. The molecule has 3 aromatic rings. The van der Waals surface area contributed by atoms with Gasteiger partial charge in [0.25, 0.3) is 5.91 Å². The number of anilines is 1. The Morgan fingerprint density at radius 1 is 1.13 bits per heavy atom. The monoisotopic (exact) mass is 575 g/mol. The predicted octanol–water partition coefficient (Wildman–Crippen LogP) is 5.56. The summed E-state index contributed by atoms with van der Waals surface area (Å²) in [6.45, 7) is 9.44. The Morgan fingerprint density at radius 2 is 1.89 bits per heavy atom. The van der Waals surface area contributed by atoms with Crippen LogP contribution in [0.1, 0.15) is 53.4 Å². The summed E-state index contributed by atoms with van der Waals surface area (Å²) in [6.07, 6.45) is 1.42. The highest BCUT2D eigenvalue weighted by Gasteiger charge is 2.21. The molecular formula is C26H27Cl2N5O4S. The smallest absolute Gasteiger partial charge is 0.338 e. The number of nitrogens with one attached hydrogen (secondary N) is 2. The van der Waals surface area contributed by atoms with Crippen LogP contribution in [0.4, 0.5) is 5.69 Å². The van der Waals surface area contributed by atoms with Gasteiger partial charge in [-0.15, -0.1) is 16.8 Å². The van der Waals surface area contributed by atoms with Crippen LogP contribution in [0.5, 0.6) is 0 Å². The molecular weight excluding hydrogens is 549 g/mol. The first-order chi connectivity index (χ1) is 18.1. The normalized spacial score (nSPS) is 11.6. The lowest BCUT2D eigenvalue weighted by Gasteiger charge is -2.16. The van der Waals surface area contributed by atoms with Crippen LogP contribution >= 0.6 is 35.0 Å². The zero-order valence-corrected chi connectivity index (χ0v) is 23.4. The van der Waals surface area contributed by atoms with Gasteiger partial charge in [0.1, 0.15) is 0 Å². The molecule has 9 nitrogen and oxygen atoms in total. The lowest BCUT2D eigenvalue weighted by Crippen LogP contribution is -2.29. The van der Waals surface area contributed by atoms with Crippen LogP contribution in [-0.4, -0.2) is 44.4 Å². The first-order valence-corrected chi connectivity index (χ1v) is 13.4. The van der Waals surface area contributed by atoms with Crippen molar-refractivity contribution in [2.45, 2.75) is 44.6 Å². The maximum atomic E-state index is 12.7. The van der Waals surface area contributed by atoms with E-state index in [-0.39, 0.29) is 34.3 Å². The van der Waals surface area contributed by atoms with Crippen molar-refractivity contribution in [3.05, 3.63) is 82.1 Å². The van der Waals surface area contributed by atoms with E-state index < -0.39 is 12.0 Å². The number of benzene rings is 2. The molecule has 2 aromatic carbocycles. The van der Waals surface area contributed by atoms with E-state index in [0.717, 1.165) is 0 Å². The van der Waals surface area contributed by atoms with Gasteiger partial charge in [-0.25, -0.2) is 4.79 Å². The molecule has 12 heteroatoms. The average Bonchev–Trinajstić information content (AvgIpc) is 3.25. The molecule has 1 atom stereocenters. The number of carbonyl (C=O) groups is 3. The first kappa shape index (κ1) is 29.2. The van der Waals surface area contributed by atoms with Crippen molar-refractivity contribution < 1.29 is 19.1 Å². The fourth-order valence-electron chi connectivity index (χ4n) is 3.37. The van der Waals surface area contributed by atoms with E-state index in [1.807, 2.05) is 0 Å². The quantitative estimate of drug-likeness (QED) is 0.175. The van der Waals surface area contributed by atoms with E-state index >= 15 is 0 Å². The van der Waals surface area contributed by atoms with Crippen LogP contribution in [0, 0.1) is 0 Å². The van der Waals surface area contributed by atoms with Gasteiger partial charge in [-0.2, -0.15) is 0 Å². The van der Waals surface area contributed by atoms with Gasteiger partial charge in [0.05, 0.1) is 34.0 Å². The minimum Gasteiger partial charge on any atom is -0.459 e. The van der Waals surface area contributed by atoms with Gasteiger partial charge in [-0.05, 0) is 57.2 Å². The fourth-order valence-corrected chi connectivity index (χ4v) is 4.62. The lowest BCUT2D eigenvalue weighted by molar-refractivity contribution is -0.113. The highest BCUT2D eigenvalue weighted by molar-refractivity contribution is 7.99. The number of hydrogen-bond acceptors (Lipinski definition) is 7. The molecule has 0 aliphatic heterocycles. The molecule has 200 valence electrons. The molecule has 0 unspecified atom stereocenters. The second-order valence-electron chi connectivity index (χ2n) is 8.43. The number of nitrogens with zero attached hydrogens (tertiary/aromatic N) is 3. The van der Waals surface area contributed by atoms with E-state index in [2.05, 4.69) is 27.4 Å². The molecule has 0 saturated carbocycles. The summed E-state index contributed by atoms with van der Waals surface area (Å²) in [4.78, 5) is 37.5. The standard InChI is InChI=1S/C26H27Cl2N5O4S/c1-5-11-33-23(16(4)29-24(35)20-10-9-18(27)13-21(20)28)31-32-26(33)38-14-22(34)30-19-8-6-7-17(12-19)25(36)37-15(2)3/h5-10,12-13,15-16H,1,11,14H2,2-4H3,(H,29,35)(H,30,34)/t16-/m1/s1. The fraction of sp³-hybridized carbons (Fsp3) is 0.269. The Labute approximate surface area is 234 Å². The van der Waals surface area contributed by atoms with Crippen LogP contribution in [0.3, 0.4) is 0 Å². The molecule has 2 amide bonds. The molecule has 0 spiro atoms. The third kappa shape index (κ3) is 7.83. The summed E-state index contributed by atoms with van der Waals surface area (Å²) >= 11 is 13.3. The molecule has 1 heterocycles. The van der Waals surface area contributed by atoms with Crippen LogP contribution in [0.2, 0.25) is 10.0 Å². The Balaban J connectivity index is 1.65. The van der Waals surface area contributed by atoms with E-state index in [4.69, 9.17) is 27.9 Å². The molecule has 0 fully saturated rings. The minimum absolute atomic E-state index is 0.0388. The number of carbonyl (C=O) groups excluding carboxylic acids is 3. The molecule has 0 aliphatic carbocycles. The van der Waals surface area contributed by atoms with Crippen LogP contribution in [0.15, 0.2) is 60.3 Å². The topological polar surface area (TPSA) is 115 Å². The van der Waals surface area contributed by atoms with Crippen molar-refractivity contribution >= 4 is 58.4 Å². The highest BCUT2D eigenvalue weighted by Crippen LogP contribution is 2.24. The first-order valence-electron chi connectivity index (χ1n) is 11.6. The second-order valence-corrected chi connectivity index (χ2v) is 10.2. The second kappa shape index (κ2) is 13.5. The van der Waals surface area contributed by atoms with Gasteiger partial charge in [0.15, 0.2) is 11.0 Å². The van der Waals surface area contributed by atoms with Crippen molar-refractivity contribution in [3.8, 4) is 0 Å². The number of allylic oxidation sites excluding steroid dienone is 1. The number of aromatic nitrogens is 3. The Bertz CT molecular complexity index is 1340. The molecule has 1 aromatic heterocycles. The van der Waals surface area contributed by atoms with E-state index in [1.54, 1.807) is 67.8 Å². The van der Waals surface area contributed by atoms with Crippen molar-refractivity contribution in [1.82, 2.24) is 20.1 Å². The predicted molar refractivity (Wildman–Crippen MR) is 149 cm³/mol. The van der Waals surface area contributed by atoms with E-state index in [9.17, 15) is 14.4 Å². The van der Waals surface area contributed by atoms with Gasteiger partial charge in [-0.1, -0.05) is 47.1 Å². The summed E-state index contributed by atoms with van der Waals surface area (Å²) in [5, 5.41) is 15.2. The van der Waals surface area contributed by atoms with Crippen molar-refractivity contribution in [1.29, 1.82) is 0 Å². The number of ether oxygens (including phenoxy) is 1. The molecule has 0 aliphatic rings. The van der Waals surface area contributed by atoms with Crippen molar-refractivity contribution in [3.63, 3.8) is 0 Å². The minimum atomic E-state index is -0.516. The number of thioether (sulfide) groups is 1. The molecule has 0 saturated heterocycles. The summed E-state index contributed by atoms with van der Waals surface area (Å²) in [7, 11) is 0. The van der Waals surface area contributed by atoms with Gasteiger partial charge >= 0.3 is 5.97 Å². The molecule has 0 radical (unpaired) electrons. The van der Waals surface area contributed by atoms with Gasteiger partial charge in [-0.3, -0.25) is 9.59 Å². The number of amides is 2. The lowest BCUT2D eigenvalue weighted by atomic mass is 10.2. The Hall–Kier alpha value is -3.34. The Morgan fingerprint density at radius 3 is 2.58 bits per heavy atom. The van der Waals surface area contributed by atoms with Crippen molar-refractivity contribution in [2.24, 2.45) is 0 Å². The summed E-state index contributed by atoms with van der Waals surface area (Å²) in [5.41, 5.74) is 1.10. The molecule has 3 rings (SSSR count). The van der Waals surface area contributed by atoms with Crippen LogP contribution in [-0.2, 0) is 16.1 Å². The van der Waals surface area contributed by atoms with E-state index in [0.29, 0.717) is 33.8 Å². The number of halogens is 2. The van der Waals surface area contributed by atoms with Crippen LogP contribution < -0.4 is 10.6 Å². The average molecular weight is 577 g/mol. The number of rotatable bonds is 11. The maximum absolute atomic E-state index is 12.7. The molecule has 2 N–H and O–H groups in total. The van der Waals surface area contributed by atoms with Crippen molar-refractivity contribution in [2.75, 3.05) is 11.1 Å². The molecule has 38 heavy (non-hydrogen) atoms. The van der Waals surface area contributed by atoms with Gasteiger partial charge in [0.2, 0.25) is 5.91 Å². The summed E-state index contributed by atoms with van der Waals surface area (Å²) in [6, 6.07) is 10.6. The molecule has 0 bridgehead atoms. The van der Waals surface area contributed by atoms with Crippen LogP contribution in [0.25, 0.3) is 0 Å². The summed E-state index contributed by atoms with van der Waals surface area (Å²) in [5.74, 6) is -0.618. The zero-order chi connectivity index (χ0) is 27.8. The van der Waals surface area contributed by atoms with E-state index in [1.165, 1.54) is 17.8 Å². The summed E-state index contributed by atoms with van der Waals surface area (Å²) < 4.78 is 6.96. The maximum Gasteiger partial charge on any atom is 0.338 e. The third-order valence-electron chi connectivity index (χ3n) is 5.02. The highest BCUT2D eigenvalue weighted by atomic mass is 35.5. The SMILES string of the molecule is C=CCn1c(SCC(=O)Nc2cccc(C(=O)OC(C)C)c2)nnc1[C@@H](C)NC(=O)c1ccc(Cl)cc1Cl. The van der Waals surface area contributed by atoms with Gasteiger partial charge in [0, 0.05) is 17.3 Å². The number of esters is 1.